The van der Waals surface area contributed by atoms with Gasteiger partial charge >= 0.3 is 0 Å². The number of ether oxygens (including phenoxy) is 1. The van der Waals surface area contributed by atoms with Gasteiger partial charge < -0.3 is 9.84 Å². The maximum Gasteiger partial charge on any atom is 0.274 e. The number of fused-ring (bicyclic) bond motifs is 1. The van der Waals surface area contributed by atoms with Gasteiger partial charge in [-0.3, -0.25) is 4.79 Å². The average molecular weight is 415 g/mol. The number of para-hydroxylation sites is 1. The van der Waals surface area contributed by atoms with Crippen molar-refractivity contribution in [1.29, 1.82) is 0 Å². The molecule has 158 valence electrons. The van der Waals surface area contributed by atoms with Crippen LogP contribution in [0.1, 0.15) is 16.7 Å². The Hall–Kier alpha value is -3.44. The molecule has 1 N–H and O–H groups in total. The van der Waals surface area contributed by atoms with Gasteiger partial charge in [-0.1, -0.05) is 54.1 Å². The van der Waals surface area contributed by atoms with Crippen molar-refractivity contribution in [2.24, 2.45) is 0 Å². The van der Waals surface area contributed by atoms with Crippen molar-refractivity contribution < 1.29 is 9.84 Å². The van der Waals surface area contributed by atoms with Gasteiger partial charge in [0.15, 0.2) is 0 Å². The van der Waals surface area contributed by atoms with Crippen molar-refractivity contribution in [3.8, 4) is 17.0 Å². The van der Waals surface area contributed by atoms with Crippen molar-refractivity contribution in [3.63, 3.8) is 0 Å². The molecule has 31 heavy (non-hydrogen) atoms. The van der Waals surface area contributed by atoms with Gasteiger partial charge in [-0.15, -0.1) is 0 Å². The van der Waals surface area contributed by atoms with E-state index in [1.54, 1.807) is 6.07 Å². The Morgan fingerprint density at radius 3 is 2.42 bits per heavy atom. The molecule has 4 rings (SSSR count). The molecule has 5 heteroatoms. The minimum absolute atomic E-state index is 0.0490. The Morgan fingerprint density at radius 2 is 1.65 bits per heavy atom. The first-order chi connectivity index (χ1) is 14.9. The van der Waals surface area contributed by atoms with Gasteiger partial charge in [-0.2, -0.15) is 5.10 Å². The second kappa shape index (κ2) is 8.74. The molecule has 0 aliphatic rings. The minimum Gasteiger partial charge on any atom is -0.491 e. The molecule has 0 saturated carbocycles. The normalized spacial score (nSPS) is 12.1. The third-order valence-corrected chi connectivity index (χ3v) is 5.42. The molecule has 0 fully saturated rings. The number of hydrogen-bond acceptors (Lipinski definition) is 4. The Balaban J connectivity index is 1.70. The van der Waals surface area contributed by atoms with E-state index in [0.717, 1.165) is 39.1 Å². The zero-order valence-corrected chi connectivity index (χ0v) is 18.0. The van der Waals surface area contributed by atoms with E-state index in [9.17, 15) is 9.90 Å². The minimum atomic E-state index is -0.877. The van der Waals surface area contributed by atoms with E-state index < -0.39 is 6.10 Å². The predicted octanol–water partition coefficient (Wildman–Crippen LogP) is 4.43. The van der Waals surface area contributed by atoms with Crippen molar-refractivity contribution in [2.45, 2.75) is 33.4 Å². The molecular formula is C26H26N2O3. The van der Waals surface area contributed by atoms with E-state index in [1.165, 1.54) is 4.68 Å². The predicted molar refractivity (Wildman–Crippen MR) is 124 cm³/mol. The fraction of sp³-hybridized carbons (Fsp3) is 0.231. The van der Waals surface area contributed by atoms with E-state index in [0.29, 0.717) is 5.39 Å². The lowest BCUT2D eigenvalue weighted by molar-refractivity contribution is 0.0879. The first-order valence-electron chi connectivity index (χ1n) is 10.4. The first-order valence-corrected chi connectivity index (χ1v) is 10.4. The maximum absolute atomic E-state index is 13.1. The first kappa shape index (κ1) is 20.8. The molecule has 0 radical (unpaired) electrons. The van der Waals surface area contributed by atoms with E-state index in [1.807, 2.05) is 63.2 Å². The van der Waals surface area contributed by atoms with Crippen LogP contribution in [0.15, 0.2) is 71.5 Å². The van der Waals surface area contributed by atoms with E-state index >= 15 is 0 Å². The standard InChI is InChI=1S/C26H26N2O3/c1-17-12-13-18(2)23(14-17)25-21-9-5-6-10-22(21)26(30)28(27-25)15-20(29)16-31-24-11-7-4-8-19(24)3/h4-14,20,29H,15-16H2,1-3H3. The molecule has 0 aliphatic carbocycles. The number of rotatable bonds is 6. The molecule has 1 atom stereocenters. The summed E-state index contributed by atoms with van der Waals surface area (Å²) < 4.78 is 7.11. The highest BCUT2D eigenvalue weighted by molar-refractivity contribution is 5.94. The molecule has 0 bridgehead atoms. The van der Waals surface area contributed by atoms with Gasteiger partial charge in [0.2, 0.25) is 0 Å². The molecule has 1 heterocycles. The molecule has 5 nitrogen and oxygen atoms in total. The Kier molecular flexibility index (Phi) is 5.87. The molecule has 1 aromatic heterocycles. The van der Waals surface area contributed by atoms with E-state index in [4.69, 9.17) is 4.74 Å². The third kappa shape index (κ3) is 4.37. The van der Waals surface area contributed by atoms with Crippen molar-refractivity contribution in [1.82, 2.24) is 9.78 Å². The van der Waals surface area contributed by atoms with Gasteiger partial charge in [0.25, 0.3) is 5.56 Å². The Labute approximate surface area is 181 Å². The number of hydrogen-bond donors (Lipinski definition) is 1. The fourth-order valence-electron chi connectivity index (χ4n) is 3.71. The lowest BCUT2D eigenvalue weighted by Crippen LogP contribution is -2.32. The Morgan fingerprint density at radius 1 is 0.935 bits per heavy atom. The second-order valence-corrected chi connectivity index (χ2v) is 7.93. The summed E-state index contributed by atoms with van der Waals surface area (Å²) in [7, 11) is 0. The van der Waals surface area contributed by atoms with Crippen molar-refractivity contribution in [3.05, 3.63) is 93.8 Å². The van der Waals surface area contributed by atoms with Crippen LogP contribution in [0.25, 0.3) is 22.0 Å². The van der Waals surface area contributed by atoms with Crippen LogP contribution in [0.3, 0.4) is 0 Å². The number of aromatic nitrogens is 2. The summed E-state index contributed by atoms with van der Waals surface area (Å²) in [5, 5.41) is 16.7. The largest absolute Gasteiger partial charge is 0.491 e. The molecule has 0 amide bonds. The van der Waals surface area contributed by atoms with Gasteiger partial charge in [-0.05, 0) is 50.1 Å². The highest BCUT2D eigenvalue weighted by atomic mass is 16.5. The van der Waals surface area contributed by atoms with Crippen LogP contribution >= 0.6 is 0 Å². The molecule has 1 unspecified atom stereocenters. The van der Waals surface area contributed by atoms with Crippen molar-refractivity contribution >= 4 is 10.8 Å². The van der Waals surface area contributed by atoms with Gasteiger partial charge in [0, 0.05) is 10.9 Å². The zero-order valence-electron chi connectivity index (χ0n) is 18.0. The summed E-state index contributed by atoms with van der Waals surface area (Å²) in [6.07, 6.45) is -0.877. The molecule has 3 aromatic carbocycles. The van der Waals surface area contributed by atoms with Gasteiger partial charge in [-0.25, -0.2) is 4.68 Å². The number of aliphatic hydroxyl groups is 1. The summed E-state index contributed by atoms with van der Waals surface area (Å²) in [6.45, 7) is 6.14. The summed E-state index contributed by atoms with van der Waals surface area (Å²) in [6, 6.07) is 21.3. The fourth-order valence-corrected chi connectivity index (χ4v) is 3.71. The highest BCUT2D eigenvalue weighted by Gasteiger charge is 2.16. The van der Waals surface area contributed by atoms with E-state index in [-0.39, 0.29) is 18.7 Å². The summed E-state index contributed by atoms with van der Waals surface area (Å²) in [4.78, 5) is 13.1. The average Bonchev–Trinajstić information content (AvgIpc) is 2.77. The molecular weight excluding hydrogens is 388 g/mol. The molecule has 0 saturated heterocycles. The maximum atomic E-state index is 13.1. The SMILES string of the molecule is Cc1ccc(C)c(-c2nn(CC(O)COc3ccccc3C)c(=O)c3ccccc23)c1. The quantitative estimate of drug-likeness (QED) is 0.507. The van der Waals surface area contributed by atoms with E-state index in [2.05, 4.69) is 23.3 Å². The van der Waals surface area contributed by atoms with Crippen LogP contribution in [0.4, 0.5) is 0 Å². The number of benzene rings is 3. The van der Waals surface area contributed by atoms with Gasteiger partial charge in [0.1, 0.15) is 18.5 Å². The topological polar surface area (TPSA) is 64.3 Å². The van der Waals surface area contributed by atoms with Crippen LogP contribution in [0.5, 0.6) is 5.75 Å². The van der Waals surface area contributed by atoms with Crippen molar-refractivity contribution in [2.75, 3.05) is 6.61 Å². The zero-order chi connectivity index (χ0) is 22.0. The smallest absolute Gasteiger partial charge is 0.274 e. The van der Waals surface area contributed by atoms with Crippen LogP contribution in [0.2, 0.25) is 0 Å². The monoisotopic (exact) mass is 414 g/mol. The second-order valence-electron chi connectivity index (χ2n) is 7.93. The van der Waals surface area contributed by atoms with Crippen LogP contribution in [-0.2, 0) is 6.54 Å². The lowest BCUT2D eigenvalue weighted by atomic mass is 9.99. The summed E-state index contributed by atoms with van der Waals surface area (Å²) in [5.41, 5.74) is 4.69. The summed E-state index contributed by atoms with van der Waals surface area (Å²) >= 11 is 0. The highest BCUT2D eigenvalue weighted by Crippen LogP contribution is 2.28. The van der Waals surface area contributed by atoms with Gasteiger partial charge in [0.05, 0.1) is 17.6 Å². The third-order valence-electron chi connectivity index (χ3n) is 5.42. The lowest BCUT2D eigenvalue weighted by Gasteiger charge is -2.17. The van der Waals surface area contributed by atoms with Crippen LogP contribution in [-0.4, -0.2) is 27.6 Å². The molecule has 0 aliphatic heterocycles. The molecule has 4 aromatic rings. The molecule has 0 spiro atoms. The van der Waals surface area contributed by atoms with Crippen LogP contribution in [0, 0.1) is 20.8 Å². The number of aliphatic hydroxyl groups excluding tert-OH is 1. The summed E-state index contributed by atoms with van der Waals surface area (Å²) in [5.74, 6) is 0.719. The van der Waals surface area contributed by atoms with Crippen LogP contribution < -0.4 is 10.3 Å². The number of nitrogens with zero attached hydrogens (tertiary/aromatic N) is 2. The Bertz CT molecular complexity index is 1290. The number of aryl methyl sites for hydroxylation is 3.